The molecule has 21 heavy (non-hydrogen) atoms. The third-order valence-corrected chi connectivity index (χ3v) is 4.17. The number of benzene rings is 1. The molecule has 5 N–H and O–H groups in total. The van der Waals surface area contributed by atoms with E-state index in [0.29, 0.717) is 12.5 Å². The summed E-state index contributed by atoms with van der Waals surface area (Å²) in [6.07, 6.45) is 2.13. The number of carbonyl (C=O) groups is 1. The summed E-state index contributed by atoms with van der Waals surface area (Å²) in [5.74, 6) is -1.11. The van der Waals surface area contributed by atoms with Crippen molar-refractivity contribution in [1.82, 2.24) is 5.32 Å². The minimum atomic E-state index is -4.13. The Bertz CT molecular complexity index is 635. The Labute approximate surface area is 128 Å². The zero-order valence-corrected chi connectivity index (χ0v) is 12.7. The van der Waals surface area contributed by atoms with E-state index in [-0.39, 0.29) is 24.0 Å². The van der Waals surface area contributed by atoms with E-state index >= 15 is 0 Å². The number of amides is 1. The topological polar surface area (TPSA) is 115 Å². The van der Waals surface area contributed by atoms with Crippen molar-refractivity contribution in [3.8, 4) is 0 Å². The van der Waals surface area contributed by atoms with Gasteiger partial charge in [-0.1, -0.05) is 0 Å². The van der Waals surface area contributed by atoms with Gasteiger partial charge in [-0.15, -0.1) is 12.4 Å². The second-order valence-corrected chi connectivity index (χ2v) is 6.43. The molecule has 1 aromatic carbocycles. The van der Waals surface area contributed by atoms with Crippen LogP contribution >= 0.6 is 12.4 Å². The first kappa shape index (κ1) is 17.8. The molecule has 0 spiro atoms. The van der Waals surface area contributed by atoms with Crippen LogP contribution in [0.4, 0.5) is 4.39 Å². The first-order chi connectivity index (χ1) is 9.29. The summed E-state index contributed by atoms with van der Waals surface area (Å²) in [5, 5.41) is 7.43. The van der Waals surface area contributed by atoms with Gasteiger partial charge in [-0.3, -0.25) is 4.79 Å². The molecule has 0 bridgehead atoms. The maximum atomic E-state index is 13.6. The average Bonchev–Trinajstić information content (AvgIpc) is 3.17. The Kier molecular flexibility index (Phi) is 5.68. The van der Waals surface area contributed by atoms with Crippen molar-refractivity contribution in [2.24, 2.45) is 16.8 Å². The number of sulfonamides is 1. The van der Waals surface area contributed by atoms with E-state index in [4.69, 9.17) is 10.9 Å². The van der Waals surface area contributed by atoms with Crippen molar-refractivity contribution >= 4 is 28.3 Å². The maximum Gasteiger partial charge on any atom is 0.251 e. The number of nitrogens with two attached hydrogens (primary N) is 2. The highest BCUT2D eigenvalue weighted by atomic mass is 35.5. The second kappa shape index (κ2) is 6.69. The molecule has 1 unspecified atom stereocenters. The summed E-state index contributed by atoms with van der Waals surface area (Å²) >= 11 is 0. The van der Waals surface area contributed by atoms with Crippen LogP contribution < -0.4 is 16.2 Å². The summed E-state index contributed by atoms with van der Waals surface area (Å²) in [7, 11) is -4.13. The molecule has 1 fully saturated rings. The minimum absolute atomic E-state index is 0. The Morgan fingerprint density at radius 1 is 1.43 bits per heavy atom. The molecule has 0 aromatic heterocycles. The lowest BCUT2D eigenvalue weighted by atomic mass is 10.1. The fourth-order valence-corrected chi connectivity index (χ4v) is 2.46. The Balaban J connectivity index is 0.00000220. The Hall–Kier alpha value is -1.22. The highest BCUT2D eigenvalue weighted by Crippen LogP contribution is 2.31. The van der Waals surface area contributed by atoms with Gasteiger partial charge in [0.2, 0.25) is 10.0 Å². The fourth-order valence-electron chi connectivity index (χ4n) is 1.88. The van der Waals surface area contributed by atoms with Crippen molar-refractivity contribution in [2.75, 3.05) is 6.54 Å². The number of hydrogen-bond donors (Lipinski definition) is 3. The SMILES string of the molecule is Cl.NC(CNC(=O)c1ccc(S(N)(=O)=O)c(F)c1)C1CC1. The highest BCUT2D eigenvalue weighted by molar-refractivity contribution is 7.89. The molecule has 0 aliphatic heterocycles. The molecular weight excluding hydrogens is 321 g/mol. The molecule has 1 aromatic rings. The first-order valence-electron chi connectivity index (χ1n) is 6.15. The number of halogens is 2. The van der Waals surface area contributed by atoms with Gasteiger partial charge in [0.15, 0.2) is 0 Å². The van der Waals surface area contributed by atoms with Gasteiger partial charge in [-0.05, 0) is 37.0 Å². The zero-order valence-electron chi connectivity index (χ0n) is 11.1. The molecule has 1 amide bonds. The zero-order chi connectivity index (χ0) is 14.9. The quantitative estimate of drug-likeness (QED) is 0.719. The van der Waals surface area contributed by atoms with Gasteiger partial charge >= 0.3 is 0 Å². The van der Waals surface area contributed by atoms with Gasteiger partial charge in [0, 0.05) is 18.2 Å². The molecule has 0 heterocycles. The lowest BCUT2D eigenvalue weighted by molar-refractivity contribution is 0.0949. The molecule has 1 saturated carbocycles. The standard InChI is InChI=1S/C12H16FN3O3S.ClH/c13-9-5-8(3-4-11(9)20(15,18)19)12(17)16-6-10(14)7-1-2-7;/h3-5,7,10H,1-2,6,14H2,(H,16,17)(H2,15,18,19);1H. The minimum Gasteiger partial charge on any atom is -0.350 e. The smallest absolute Gasteiger partial charge is 0.251 e. The van der Waals surface area contributed by atoms with Gasteiger partial charge in [-0.25, -0.2) is 17.9 Å². The van der Waals surface area contributed by atoms with Crippen molar-refractivity contribution < 1.29 is 17.6 Å². The van der Waals surface area contributed by atoms with E-state index in [0.717, 1.165) is 25.0 Å². The average molecular weight is 338 g/mol. The monoisotopic (exact) mass is 337 g/mol. The van der Waals surface area contributed by atoms with Crippen LogP contribution in [0, 0.1) is 11.7 Å². The van der Waals surface area contributed by atoms with Crippen molar-refractivity contribution in [2.45, 2.75) is 23.8 Å². The number of carbonyl (C=O) groups excluding carboxylic acids is 1. The molecule has 1 atom stereocenters. The summed E-state index contributed by atoms with van der Waals surface area (Å²) in [6, 6.07) is 2.92. The van der Waals surface area contributed by atoms with Crippen LogP contribution in [0.1, 0.15) is 23.2 Å². The largest absolute Gasteiger partial charge is 0.350 e. The van der Waals surface area contributed by atoms with Crippen molar-refractivity contribution in [3.05, 3.63) is 29.6 Å². The number of hydrogen-bond acceptors (Lipinski definition) is 4. The van der Waals surface area contributed by atoms with E-state index in [1.165, 1.54) is 6.07 Å². The van der Waals surface area contributed by atoms with E-state index in [1.807, 2.05) is 0 Å². The van der Waals surface area contributed by atoms with Gasteiger partial charge in [0.25, 0.3) is 5.91 Å². The normalized spacial score (nSPS) is 16.0. The van der Waals surface area contributed by atoms with Crippen LogP contribution in [0.3, 0.4) is 0 Å². The third kappa shape index (κ3) is 4.63. The van der Waals surface area contributed by atoms with E-state index < -0.39 is 26.6 Å². The van der Waals surface area contributed by atoms with Gasteiger partial charge < -0.3 is 11.1 Å². The first-order valence-corrected chi connectivity index (χ1v) is 7.70. The molecule has 1 aliphatic rings. The molecule has 9 heteroatoms. The predicted octanol–water partition coefficient (Wildman–Crippen LogP) is 0.362. The second-order valence-electron chi connectivity index (χ2n) is 4.90. The molecule has 118 valence electrons. The highest BCUT2D eigenvalue weighted by Gasteiger charge is 2.28. The number of primary sulfonamides is 1. The summed E-state index contributed by atoms with van der Waals surface area (Å²) in [5.41, 5.74) is 5.86. The number of rotatable bonds is 5. The Morgan fingerprint density at radius 2 is 2.05 bits per heavy atom. The van der Waals surface area contributed by atoms with Crippen LogP contribution in [0.25, 0.3) is 0 Å². The maximum absolute atomic E-state index is 13.6. The van der Waals surface area contributed by atoms with E-state index in [9.17, 15) is 17.6 Å². The van der Waals surface area contributed by atoms with Gasteiger partial charge in [-0.2, -0.15) is 0 Å². The molecule has 0 radical (unpaired) electrons. The van der Waals surface area contributed by atoms with Gasteiger partial charge in [0.1, 0.15) is 10.7 Å². The Morgan fingerprint density at radius 3 is 2.52 bits per heavy atom. The van der Waals surface area contributed by atoms with Crippen LogP contribution in [0.15, 0.2) is 23.1 Å². The summed E-state index contributed by atoms with van der Waals surface area (Å²) < 4.78 is 35.7. The summed E-state index contributed by atoms with van der Waals surface area (Å²) in [6.45, 7) is 0.308. The molecule has 0 saturated heterocycles. The number of nitrogens with one attached hydrogen (secondary N) is 1. The van der Waals surface area contributed by atoms with E-state index in [2.05, 4.69) is 5.32 Å². The van der Waals surface area contributed by atoms with Crippen molar-refractivity contribution in [3.63, 3.8) is 0 Å². The lowest BCUT2D eigenvalue weighted by Crippen LogP contribution is -2.38. The lowest BCUT2D eigenvalue weighted by Gasteiger charge is -2.11. The van der Waals surface area contributed by atoms with Crippen LogP contribution in [0.2, 0.25) is 0 Å². The van der Waals surface area contributed by atoms with Crippen molar-refractivity contribution in [1.29, 1.82) is 0 Å². The predicted molar refractivity (Wildman–Crippen MR) is 78.1 cm³/mol. The summed E-state index contributed by atoms with van der Waals surface area (Å²) in [4.78, 5) is 11.2. The third-order valence-electron chi connectivity index (χ3n) is 3.23. The van der Waals surface area contributed by atoms with Crippen LogP contribution in [-0.2, 0) is 10.0 Å². The molecule has 6 nitrogen and oxygen atoms in total. The van der Waals surface area contributed by atoms with Gasteiger partial charge in [0.05, 0.1) is 0 Å². The van der Waals surface area contributed by atoms with Crippen LogP contribution in [-0.4, -0.2) is 26.9 Å². The van der Waals surface area contributed by atoms with E-state index in [1.54, 1.807) is 0 Å². The van der Waals surface area contributed by atoms with Crippen LogP contribution in [0.5, 0.6) is 0 Å². The molecule has 2 rings (SSSR count). The molecule has 1 aliphatic carbocycles. The molecular formula is C12H17ClFN3O3S. The fraction of sp³-hybridized carbons (Fsp3) is 0.417.